The van der Waals surface area contributed by atoms with E-state index in [2.05, 4.69) is 4.74 Å². The number of methoxy groups -OCH3 is 1. The first-order chi connectivity index (χ1) is 5.29. The van der Waals surface area contributed by atoms with Crippen molar-refractivity contribution in [3.63, 3.8) is 0 Å². The van der Waals surface area contributed by atoms with Crippen LogP contribution in [0, 0.1) is 0 Å². The second-order valence-corrected chi connectivity index (χ2v) is 2.95. The van der Waals surface area contributed by atoms with Gasteiger partial charge in [0.2, 0.25) is 0 Å². The number of ether oxygens (including phenoxy) is 1. The normalized spacial score (nSPS) is 9.64. The molecule has 0 atom stereocenters. The van der Waals surface area contributed by atoms with Gasteiger partial charge in [-0.2, -0.15) is 0 Å². The summed E-state index contributed by atoms with van der Waals surface area (Å²) in [5.41, 5.74) is 5.97. The summed E-state index contributed by atoms with van der Waals surface area (Å²) in [5, 5.41) is 1.83. The van der Waals surface area contributed by atoms with Gasteiger partial charge in [-0.05, 0) is 11.4 Å². The Kier molecular flexibility index (Phi) is 2.62. The van der Waals surface area contributed by atoms with Gasteiger partial charge in [0.05, 0.1) is 12.7 Å². The SMILES string of the molecule is COC(=O)c1ccsc1CN. The first kappa shape index (κ1) is 8.23. The van der Waals surface area contributed by atoms with Gasteiger partial charge in [-0.15, -0.1) is 11.3 Å². The second kappa shape index (κ2) is 3.50. The molecular formula is C7H9NO2S. The van der Waals surface area contributed by atoms with Crippen LogP contribution in [0.3, 0.4) is 0 Å². The van der Waals surface area contributed by atoms with Crippen LogP contribution in [0.1, 0.15) is 15.2 Å². The monoisotopic (exact) mass is 171 g/mol. The van der Waals surface area contributed by atoms with Crippen LogP contribution in [0.5, 0.6) is 0 Å². The molecule has 1 aromatic heterocycles. The second-order valence-electron chi connectivity index (χ2n) is 1.95. The van der Waals surface area contributed by atoms with Gasteiger partial charge in [0.1, 0.15) is 0 Å². The van der Waals surface area contributed by atoms with E-state index in [1.807, 2.05) is 5.38 Å². The van der Waals surface area contributed by atoms with Crippen molar-refractivity contribution < 1.29 is 9.53 Å². The molecule has 0 bridgehead atoms. The largest absolute Gasteiger partial charge is 0.465 e. The third kappa shape index (κ3) is 1.58. The Hall–Kier alpha value is -0.870. The van der Waals surface area contributed by atoms with Crippen LogP contribution in [-0.4, -0.2) is 13.1 Å². The lowest BCUT2D eigenvalue weighted by atomic mass is 10.2. The van der Waals surface area contributed by atoms with Crippen molar-refractivity contribution in [2.45, 2.75) is 6.54 Å². The molecule has 0 radical (unpaired) electrons. The minimum absolute atomic E-state index is 0.313. The lowest BCUT2D eigenvalue weighted by Gasteiger charge is -1.97. The van der Waals surface area contributed by atoms with E-state index in [9.17, 15) is 4.79 Å². The summed E-state index contributed by atoms with van der Waals surface area (Å²) >= 11 is 1.47. The number of carbonyl (C=O) groups excluding carboxylic acids is 1. The third-order valence-corrected chi connectivity index (χ3v) is 2.28. The molecule has 0 saturated heterocycles. The van der Waals surface area contributed by atoms with E-state index in [1.165, 1.54) is 18.4 Å². The van der Waals surface area contributed by atoms with Gasteiger partial charge in [-0.1, -0.05) is 0 Å². The number of nitrogens with two attached hydrogens (primary N) is 1. The summed E-state index contributed by atoms with van der Waals surface area (Å²) in [4.78, 5) is 11.9. The number of thiophene rings is 1. The Morgan fingerprint density at radius 3 is 3.09 bits per heavy atom. The summed E-state index contributed by atoms with van der Waals surface area (Å²) in [6.45, 7) is 0.391. The van der Waals surface area contributed by atoms with Crippen molar-refractivity contribution >= 4 is 17.3 Å². The number of esters is 1. The molecular weight excluding hydrogens is 162 g/mol. The Bertz CT molecular complexity index is 257. The standard InChI is InChI=1S/C7H9NO2S/c1-10-7(9)5-2-3-11-6(5)4-8/h2-3H,4,8H2,1H3. The van der Waals surface area contributed by atoms with E-state index in [0.717, 1.165) is 4.88 Å². The average Bonchev–Trinajstić information content (AvgIpc) is 2.50. The van der Waals surface area contributed by atoms with Gasteiger partial charge in [0, 0.05) is 11.4 Å². The van der Waals surface area contributed by atoms with Crippen molar-refractivity contribution in [2.75, 3.05) is 7.11 Å². The Balaban J connectivity index is 2.92. The van der Waals surface area contributed by atoms with Crippen LogP contribution in [0.4, 0.5) is 0 Å². The highest BCUT2D eigenvalue weighted by Crippen LogP contribution is 2.16. The summed E-state index contributed by atoms with van der Waals surface area (Å²) < 4.78 is 4.55. The van der Waals surface area contributed by atoms with Crippen LogP contribution in [0.15, 0.2) is 11.4 Å². The summed E-state index contributed by atoms with van der Waals surface area (Å²) in [5.74, 6) is -0.313. The van der Waals surface area contributed by atoms with Gasteiger partial charge in [-0.3, -0.25) is 0 Å². The molecule has 0 unspecified atom stereocenters. The molecule has 0 aliphatic heterocycles. The quantitative estimate of drug-likeness (QED) is 0.675. The van der Waals surface area contributed by atoms with Crippen molar-refractivity contribution in [1.82, 2.24) is 0 Å². The predicted molar refractivity (Wildman–Crippen MR) is 43.5 cm³/mol. The molecule has 0 aliphatic carbocycles. The van der Waals surface area contributed by atoms with Gasteiger partial charge >= 0.3 is 5.97 Å². The zero-order valence-electron chi connectivity index (χ0n) is 6.16. The first-order valence-corrected chi connectivity index (χ1v) is 4.02. The number of hydrogen-bond donors (Lipinski definition) is 1. The molecule has 11 heavy (non-hydrogen) atoms. The van der Waals surface area contributed by atoms with E-state index in [-0.39, 0.29) is 5.97 Å². The van der Waals surface area contributed by atoms with Crippen LogP contribution in [0.25, 0.3) is 0 Å². The molecule has 3 nitrogen and oxygen atoms in total. The Morgan fingerprint density at radius 1 is 1.82 bits per heavy atom. The molecule has 1 heterocycles. The van der Waals surface area contributed by atoms with E-state index < -0.39 is 0 Å². The maximum atomic E-state index is 11.0. The van der Waals surface area contributed by atoms with E-state index in [0.29, 0.717) is 12.1 Å². The number of hydrogen-bond acceptors (Lipinski definition) is 4. The van der Waals surface area contributed by atoms with Crippen LogP contribution < -0.4 is 5.73 Å². The Labute approximate surface area is 68.8 Å². The molecule has 2 N–H and O–H groups in total. The summed E-state index contributed by atoms with van der Waals surface area (Å²) in [6, 6.07) is 1.72. The number of rotatable bonds is 2. The molecule has 0 fully saturated rings. The van der Waals surface area contributed by atoms with Crippen LogP contribution in [0.2, 0.25) is 0 Å². The first-order valence-electron chi connectivity index (χ1n) is 3.14. The zero-order chi connectivity index (χ0) is 8.27. The summed E-state index contributed by atoms with van der Waals surface area (Å²) in [7, 11) is 1.36. The highest BCUT2D eigenvalue weighted by molar-refractivity contribution is 7.10. The van der Waals surface area contributed by atoms with E-state index >= 15 is 0 Å². The van der Waals surface area contributed by atoms with Crippen molar-refractivity contribution in [1.29, 1.82) is 0 Å². The van der Waals surface area contributed by atoms with Gasteiger partial charge in [0.25, 0.3) is 0 Å². The van der Waals surface area contributed by atoms with Gasteiger partial charge in [-0.25, -0.2) is 4.79 Å². The minimum Gasteiger partial charge on any atom is -0.465 e. The smallest absolute Gasteiger partial charge is 0.339 e. The molecule has 0 spiro atoms. The molecule has 0 amide bonds. The van der Waals surface area contributed by atoms with Crippen LogP contribution >= 0.6 is 11.3 Å². The maximum absolute atomic E-state index is 11.0. The Morgan fingerprint density at radius 2 is 2.55 bits per heavy atom. The predicted octanol–water partition coefficient (Wildman–Crippen LogP) is 0.993. The molecule has 1 aromatic rings. The fraction of sp³-hybridized carbons (Fsp3) is 0.286. The molecule has 60 valence electrons. The van der Waals surface area contributed by atoms with Crippen molar-refractivity contribution in [3.8, 4) is 0 Å². The average molecular weight is 171 g/mol. The van der Waals surface area contributed by atoms with Gasteiger partial charge in [0.15, 0.2) is 0 Å². The molecule has 1 rings (SSSR count). The fourth-order valence-corrected chi connectivity index (χ4v) is 1.53. The third-order valence-electron chi connectivity index (χ3n) is 1.34. The molecule has 0 aliphatic rings. The molecule has 0 saturated carbocycles. The molecule has 0 aromatic carbocycles. The summed E-state index contributed by atoms with van der Waals surface area (Å²) in [6.07, 6.45) is 0. The topological polar surface area (TPSA) is 52.3 Å². The van der Waals surface area contributed by atoms with Gasteiger partial charge < -0.3 is 10.5 Å². The lowest BCUT2D eigenvalue weighted by molar-refractivity contribution is 0.0600. The van der Waals surface area contributed by atoms with E-state index in [4.69, 9.17) is 5.73 Å². The lowest BCUT2D eigenvalue weighted by Crippen LogP contribution is -2.05. The highest BCUT2D eigenvalue weighted by Gasteiger charge is 2.10. The van der Waals surface area contributed by atoms with Crippen molar-refractivity contribution in [2.24, 2.45) is 5.73 Å². The fourth-order valence-electron chi connectivity index (χ4n) is 0.791. The maximum Gasteiger partial charge on any atom is 0.339 e. The highest BCUT2D eigenvalue weighted by atomic mass is 32.1. The van der Waals surface area contributed by atoms with E-state index in [1.54, 1.807) is 6.07 Å². The zero-order valence-corrected chi connectivity index (χ0v) is 6.98. The van der Waals surface area contributed by atoms with Crippen molar-refractivity contribution in [3.05, 3.63) is 21.9 Å². The van der Waals surface area contributed by atoms with Crippen LogP contribution in [-0.2, 0) is 11.3 Å². The molecule has 4 heteroatoms. The number of carbonyl (C=O) groups is 1. The minimum atomic E-state index is -0.313.